The smallest absolute Gasteiger partial charge is 0.255 e. The third kappa shape index (κ3) is 4.83. The van der Waals surface area contributed by atoms with Crippen LogP contribution in [0.3, 0.4) is 0 Å². The zero-order valence-corrected chi connectivity index (χ0v) is 17.2. The summed E-state index contributed by atoms with van der Waals surface area (Å²) in [4.78, 5) is 12.8. The number of carbonyl (C=O) groups is 1. The second-order valence-corrected chi connectivity index (χ2v) is 8.78. The fourth-order valence-electron chi connectivity index (χ4n) is 2.71. The first-order valence-electron chi connectivity index (χ1n) is 9.09. The highest BCUT2D eigenvalue weighted by Crippen LogP contribution is 2.20. The molecule has 0 saturated carbocycles. The number of nitrogens with zero attached hydrogens (tertiary/aromatic N) is 1. The van der Waals surface area contributed by atoms with Crippen molar-refractivity contribution in [1.82, 2.24) is 5.16 Å². The van der Waals surface area contributed by atoms with Crippen LogP contribution in [0.2, 0.25) is 0 Å². The van der Waals surface area contributed by atoms with Crippen LogP contribution in [-0.4, -0.2) is 25.2 Å². The van der Waals surface area contributed by atoms with E-state index in [9.17, 15) is 13.2 Å². The molecule has 0 fully saturated rings. The second kappa shape index (κ2) is 8.48. The Morgan fingerprint density at radius 2 is 1.86 bits per heavy atom. The van der Waals surface area contributed by atoms with E-state index in [4.69, 9.17) is 9.26 Å². The van der Waals surface area contributed by atoms with Crippen molar-refractivity contribution in [1.29, 1.82) is 0 Å². The highest BCUT2D eigenvalue weighted by Gasteiger charge is 2.13. The van der Waals surface area contributed by atoms with E-state index in [-0.39, 0.29) is 16.6 Å². The zero-order chi connectivity index (χ0) is 21.0. The Kier molecular flexibility index (Phi) is 6.03. The summed E-state index contributed by atoms with van der Waals surface area (Å²) in [5.41, 5.74) is 2.57. The summed E-state index contributed by atoms with van der Waals surface area (Å²) in [6.07, 6.45) is 0. The number of carbonyl (C=O) groups excluding carboxylic acids is 1. The number of ether oxygens (including phenoxy) is 1. The zero-order valence-electron chi connectivity index (χ0n) is 16.4. The van der Waals surface area contributed by atoms with E-state index in [0.29, 0.717) is 29.4 Å². The van der Waals surface area contributed by atoms with Gasteiger partial charge in [-0.05, 0) is 56.3 Å². The lowest BCUT2D eigenvalue weighted by molar-refractivity contribution is 0.102. The molecular weight excluding hydrogens is 392 g/mol. The monoisotopic (exact) mass is 414 g/mol. The molecule has 3 rings (SSSR count). The molecule has 1 amide bonds. The predicted molar refractivity (Wildman–Crippen MR) is 109 cm³/mol. The van der Waals surface area contributed by atoms with Gasteiger partial charge in [-0.15, -0.1) is 0 Å². The van der Waals surface area contributed by atoms with E-state index in [0.717, 1.165) is 11.3 Å². The minimum Gasteiger partial charge on any atom is -0.489 e. The lowest BCUT2D eigenvalue weighted by Gasteiger charge is -2.09. The van der Waals surface area contributed by atoms with Gasteiger partial charge in [-0.1, -0.05) is 18.1 Å². The number of sulfone groups is 1. The van der Waals surface area contributed by atoms with Gasteiger partial charge in [0, 0.05) is 11.3 Å². The first kappa shape index (κ1) is 20.6. The molecule has 0 aliphatic carbocycles. The van der Waals surface area contributed by atoms with Crippen molar-refractivity contribution in [2.45, 2.75) is 32.3 Å². The Hall–Kier alpha value is -3.13. The summed E-state index contributed by atoms with van der Waals surface area (Å²) in [5, 5.41) is 6.65. The van der Waals surface area contributed by atoms with Crippen LogP contribution in [0, 0.1) is 13.8 Å². The van der Waals surface area contributed by atoms with Gasteiger partial charge in [0.1, 0.15) is 18.1 Å². The van der Waals surface area contributed by atoms with E-state index in [1.54, 1.807) is 43.3 Å². The molecule has 0 radical (unpaired) electrons. The third-order valence-corrected chi connectivity index (χ3v) is 6.26. The van der Waals surface area contributed by atoms with Gasteiger partial charge in [-0.3, -0.25) is 4.79 Å². The number of amides is 1. The SMILES string of the molecule is CCS(=O)(=O)c1ccc(NC(=O)c2cccc(OCc3c(C)noc3C)c2)cc1. The van der Waals surface area contributed by atoms with Gasteiger partial charge in [0.15, 0.2) is 9.84 Å². The molecule has 0 aliphatic rings. The van der Waals surface area contributed by atoms with Crippen LogP contribution in [0.4, 0.5) is 5.69 Å². The number of anilines is 1. The van der Waals surface area contributed by atoms with Crippen LogP contribution in [-0.2, 0) is 16.4 Å². The van der Waals surface area contributed by atoms with Crippen molar-refractivity contribution in [3.8, 4) is 5.75 Å². The van der Waals surface area contributed by atoms with Gasteiger partial charge in [-0.2, -0.15) is 0 Å². The third-order valence-electron chi connectivity index (χ3n) is 4.51. The highest BCUT2D eigenvalue weighted by molar-refractivity contribution is 7.91. The molecule has 0 unspecified atom stereocenters. The molecule has 0 atom stereocenters. The Morgan fingerprint density at radius 3 is 2.48 bits per heavy atom. The number of hydrogen-bond acceptors (Lipinski definition) is 6. The minimum atomic E-state index is -3.27. The Balaban J connectivity index is 1.68. The van der Waals surface area contributed by atoms with E-state index < -0.39 is 9.84 Å². The molecule has 8 heteroatoms. The maximum atomic E-state index is 12.5. The summed E-state index contributed by atoms with van der Waals surface area (Å²) < 4.78 is 34.6. The van der Waals surface area contributed by atoms with Crippen molar-refractivity contribution < 1.29 is 22.5 Å². The molecule has 1 aromatic heterocycles. The van der Waals surface area contributed by atoms with Gasteiger partial charge in [0.05, 0.1) is 21.9 Å². The molecule has 0 bridgehead atoms. The number of nitrogens with one attached hydrogen (secondary N) is 1. The maximum Gasteiger partial charge on any atom is 0.255 e. The standard InChI is InChI=1S/C21H22N2O5S/c1-4-29(25,26)19-10-8-17(9-11-19)22-21(24)16-6-5-7-18(12-16)27-13-20-14(2)23-28-15(20)3/h5-12H,4,13H2,1-3H3,(H,22,24). The van der Waals surface area contributed by atoms with Gasteiger partial charge in [0.2, 0.25) is 0 Å². The van der Waals surface area contributed by atoms with Gasteiger partial charge in [-0.25, -0.2) is 8.42 Å². The van der Waals surface area contributed by atoms with Crippen LogP contribution in [0.15, 0.2) is 57.9 Å². The van der Waals surface area contributed by atoms with Crippen LogP contribution in [0.5, 0.6) is 5.75 Å². The topological polar surface area (TPSA) is 98.5 Å². The highest BCUT2D eigenvalue weighted by atomic mass is 32.2. The van der Waals surface area contributed by atoms with Gasteiger partial charge in [0.25, 0.3) is 5.91 Å². The largest absolute Gasteiger partial charge is 0.489 e. The summed E-state index contributed by atoms with van der Waals surface area (Å²) in [6, 6.07) is 12.9. The lowest BCUT2D eigenvalue weighted by atomic mass is 10.2. The second-order valence-electron chi connectivity index (χ2n) is 6.50. The Bertz CT molecular complexity index is 1100. The molecule has 1 heterocycles. The predicted octanol–water partition coefficient (Wildman–Crippen LogP) is 3.92. The summed E-state index contributed by atoms with van der Waals surface area (Å²) in [7, 11) is -3.27. The van der Waals surface area contributed by atoms with E-state index in [1.165, 1.54) is 12.1 Å². The quantitative estimate of drug-likeness (QED) is 0.629. The molecule has 7 nitrogen and oxygen atoms in total. The Morgan fingerprint density at radius 1 is 1.14 bits per heavy atom. The fourth-order valence-corrected chi connectivity index (χ4v) is 3.59. The molecule has 3 aromatic rings. The van der Waals surface area contributed by atoms with Crippen LogP contribution in [0.25, 0.3) is 0 Å². The van der Waals surface area contributed by atoms with Gasteiger partial charge < -0.3 is 14.6 Å². The molecule has 1 N–H and O–H groups in total. The Labute approximate surface area is 169 Å². The van der Waals surface area contributed by atoms with Crippen molar-refractivity contribution in [3.05, 3.63) is 71.1 Å². The number of aromatic nitrogens is 1. The average molecular weight is 414 g/mol. The first-order valence-corrected chi connectivity index (χ1v) is 10.7. The minimum absolute atomic E-state index is 0.0272. The van der Waals surface area contributed by atoms with Crippen LogP contribution >= 0.6 is 0 Å². The number of benzene rings is 2. The lowest BCUT2D eigenvalue weighted by Crippen LogP contribution is -2.12. The van der Waals surface area contributed by atoms with Crippen LogP contribution in [0.1, 0.15) is 34.3 Å². The molecule has 29 heavy (non-hydrogen) atoms. The van der Waals surface area contributed by atoms with Gasteiger partial charge >= 0.3 is 0 Å². The van der Waals surface area contributed by atoms with Crippen molar-refractivity contribution in [3.63, 3.8) is 0 Å². The van der Waals surface area contributed by atoms with Crippen molar-refractivity contribution in [2.75, 3.05) is 11.1 Å². The first-order chi connectivity index (χ1) is 13.8. The fraction of sp³-hybridized carbons (Fsp3) is 0.238. The normalized spacial score (nSPS) is 11.3. The van der Waals surface area contributed by atoms with Crippen molar-refractivity contribution >= 4 is 21.4 Å². The van der Waals surface area contributed by atoms with E-state index in [2.05, 4.69) is 10.5 Å². The molecule has 0 spiro atoms. The summed E-state index contributed by atoms with van der Waals surface area (Å²) >= 11 is 0. The maximum absolute atomic E-state index is 12.5. The average Bonchev–Trinajstić information content (AvgIpc) is 3.04. The number of rotatable bonds is 7. The van der Waals surface area contributed by atoms with Crippen LogP contribution < -0.4 is 10.1 Å². The molecule has 2 aromatic carbocycles. The molecule has 152 valence electrons. The number of aryl methyl sites for hydroxylation is 2. The van der Waals surface area contributed by atoms with E-state index in [1.807, 2.05) is 13.8 Å². The summed E-state index contributed by atoms with van der Waals surface area (Å²) in [6.45, 7) is 5.54. The molecular formula is C21H22N2O5S. The van der Waals surface area contributed by atoms with Crippen molar-refractivity contribution in [2.24, 2.45) is 0 Å². The molecule has 0 saturated heterocycles. The molecule has 0 aliphatic heterocycles. The summed E-state index contributed by atoms with van der Waals surface area (Å²) in [5.74, 6) is 0.949. The van der Waals surface area contributed by atoms with E-state index >= 15 is 0 Å². The number of hydrogen-bond donors (Lipinski definition) is 1.